The summed E-state index contributed by atoms with van der Waals surface area (Å²) in [7, 11) is 0. The lowest BCUT2D eigenvalue weighted by atomic mass is 9.85. The molecule has 3 heterocycles. The van der Waals surface area contributed by atoms with E-state index in [4.69, 9.17) is 4.52 Å². The van der Waals surface area contributed by atoms with Crippen molar-refractivity contribution in [1.82, 2.24) is 35.4 Å². The van der Waals surface area contributed by atoms with Gasteiger partial charge in [0.05, 0.1) is 11.8 Å². The molecule has 2 fully saturated rings. The minimum atomic E-state index is -0.774. The molecule has 202 valence electrons. The summed E-state index contributed by atoms with van der Waals surface area (Å²) in [6.45, 7) is 6.27. The lowest BCUT2D eigenvalue weighted by Crippen LogP contribution is -2.50. The van der Waals surface area contributed by atoms with Crippen LogP contribution in [0.1, 0.15) is 75.0 Å². The molecule has 1 aliphatic carbocycles. The number of hydrogen-bond acceptors (Lipinski definition) is 8. The second-order valence-corrected chi connectivity index (χ2v) is 11.4. The zero-order valence-electron chi connectivity index (χ0n) is 22.1. The number of carbonyl (C=O) groups is 2. The highest BCUT2D eigenvalue weighted by molar-refractivity contribution is 5.90. The lowest BCUT2D eigenvalue weighted by Gasteiger charge is -2.34. The summed E-state index contributed by atoms with van der Waals surface area (Å²) in [6, 6.07) is 8.45. The Morgan fingerprint density at radius 3 is 2.68 bits per heavy atom. The maximum Gasteiger partial charge on any atom is 0.248 e. The van der Waals surface area contributed by atoms with E-state index in [0.29, 0.717) is 30.5 Å². The molecule has 38 heavy (non-hydrogen) atoms. The highest BCUT2D eigenvalue weighted by Crippen LogP contribution is 2.40. The van der Waals surface area contributed by atoms with E-state index < -0.39 is 23.6 Å². The first-order valence-corrected chi connectivity index (χ1v) is 13.2. The van der Waals surface area contributed by atoms with Gasteiger partial charge in [0.15, 0.2) is 5.82 Å². The van der Waals surface area contributed by atoms with Crippen molar-refractivity contribution in [3.8, 4) is 0 Å². The van der Waals surface area contributed by atoms with E-state index in [9.17, 15) is 14.7 Å². The van der Waals surface area contributed by atoms with Gasteiger partial charge in [-0.1, -0.05) is 61.5 Å². The second-order valence-electron chi connectivity index (χ2n) is 11.4. The van der Waals surface area contributed by atoms with Gasteiger partial charge in [0.1, 0.15) is 12.1 Å². The van der Waals surface area contributed by atoms with Crippen LogP contribution in [-0.4, -0.2) is 72.2 Å². The highest BCUT2D eigenvalue weighted by atomic mass is 16.5. The van der Waals surface area contributed by atoms with Crippen LogP contribution in [0.3, 0.4) is 0 Å². The topological polar surface area (TPSA) is 139 Å². The smallest absolute Gasteiger partial charge is 0.248 e. The van der Waals surface area contributed by atoms with Crippen LogP contribution >= 0.6 is 0 Å². The number of aliphatic hydroxyl groups is 1. The van der Waals surface area contributed by atoms with Crippen LogP contribution in [0.15, 0.2) is 41.1 Å². The van der Waals surface area contributed by atoms with Crippen molar-refractivity contribution in [2.75, 3.05) is 13.1 Å². The van der Waals surface area contributed by atoms with E-state index in [-0.39, 0.29) is 31.3 Å². The van der Waals surface area contributed by atoms with Gasteiger partial charge >= 0.3 is 0 Å². The van der Waals surface area contributed by atoms with E-state index in [1.54, 1.807) is 4.68 Å². The standard InChI is InChI=1S/C27H35N7O4/c1-27(2,3)24(34-16-20(30-32-34)18-9-10-18)26(37)33-15-19(35)14-21(33)25(36)28-12-11-23-29-22(31-38-23)13-17-7-5-4-6-8-17/h4-8,16,18-19,21,24,35H,9-15H2,1-3H3,(H,28,36)/t19?,21?,24-/m1/s1. The molecule has 2 amide bonds. The van der Waals surface area contributed by atoms with Crippen molar-refractivity contribution < 1.29 is 19.2 Å². The molecule has 1 aliphatic heterocycles. The van der Waals surface area contributed by atoms with Crippen molar-refractivity contribution in [1.29, 1.82) is 0 Å². The van der Waals surface area contributed by atoms with Crippen molar-refractivity contribution in [3.63, 3.8) is 0 Å². The Morgan fingerprint density at radius 1 is 1.21 bits per heavy atom. The number of amides is 2. The number of nitrogens with zero attached hydrogens (tertiary/aromatic N) is 6. The maximum atomic E-state index is 13.8. The van der Waals surface area contributed by atoms with Gasteiger partial charge in [0.2, 0.25) is 17.7 Å². The Bertz CT molecular complexity index is 1260. The summed E-state index contributed by atoms with van der Waals surface area (Å²) in [6.07, 6.45) is 4.37. The predicted molar refractivity (Wildman–Crippen MR) is 137 cm³/mol. The number of hydrogen-bond donors (Lipinski definition) is 2. The number of β-amino-alcohol motifs (C(OH)–C–C–N with tert-alkyl or cyclic N) is 1. The SMILES string of the molecule is CC(C)(C)[C@@H](C(=O)N1CC(O)CC1C(=O)NCCc1nc(Cc2ccccc2)no1)n1cc(C2CC2)nn1. The number of aromatic nitrogens is 5. The van der Waals surface area contributed by atoms with Crippen LogP contribution in [0, 0.1) is 5.41 Å². The molecule has 2 aliphatic rings. The molecule has 3 atom stereocenters. The fourth-order valence-electron chi connectivity index (χ4n) is 4.98. The monoisotopic (exact) mass is 521 g/mol. The lowest BCUT2D eigenvalue weighted by molar-refractivity contribution is -0.144. The van der Waals surface area contributed by atoms with Gasteiger partial charge in [-0.05, 0) is 23.8 Å². The van der Waals surface area contributed by atoms with Crippen LogP contribution < -0.4 is 5.32 Å². The number of carbonyl (C=O) groups excluding carboxylic acids is 2. The van der Waals surface area contributed by atoms with Crippen LogP contribution in [0.2, 0.25) is 0 Å². The predicted octanol–water partition coefficient (Wildman–Crippen LogP) is 2.04. The molecule has 1 aromatic carbocycles. The Labute approximate surface area is 221 Å². The van der Waals surface area contributed by atoms with E-state index in [2.05, 4.69) is 25.8 Å². The van der Waals surface area contributed by atoms with Gasteiger partial charge in [0, 0.05) is 44.5 Å². The normalized spacial score (nSPS) is 20.5. The third-order valence-electron chi connectivity index (χ3n) is 7.06. The van der Waals surface area contributed by atoms with Crippen molar-refractivity contribution in [2.45, 2.75) is 77.0 Å². The number of likely N-dealkylation sites (tertiary alicyclic amines) is 1. The van der Waals surface area contributed by atoms with Crippen LogP contribution in [0.5, 0.6) is 0 Å². The van der Waals surface area contributed by atoms with Crippen LogP contribution in [-0.2, 0) is 22.4 Å². The number of benzene rings is 1. The van der Waals surface area contributed by atoms with E-state index in [1.165, 1.54) is 4.90 Å². The zero-order valence-corrected chi connectivity index (χ0v) is 22.1. The van der Waals surface area contributed by atoms with Crippen molar-refractivity contribution in [3.05, 3.63) is 59.5 Å². The third-order valence-corrected chi connectivity index (χ3v) is 7.06. The molecule has 11 heteroatoms. The van der Waals surface area contributed by atoms with Gasteiger partial charge < -0.3 is 19.8 Å². The Balaban J connectivity index is 1.20. The molecule has 2 aromatic heterocycles. The summed E-state index contributed by atoms with van der Waals surface area (Å²) in [5.41, 5.74) is 1.51. The van der Waals surface area contributed by atoms with Gasteiger partial charge in [-0.3, -0.25) is 9.59 Å². The summed E-state index contributed by atoms with van der Waals surface area (Å²) in [5.74, 6) is 0.869. The van der Waals surface area contributed by atoms with E-state index in [0.717, 1.165) is 24.1 Å². The quantitative estimate of drug-likeness (QED) is 0.436. The minimum Gasteiger partial charge on any atom is -0.391 e. The zero-order chi connectivity index (χ0) is 26.9. The summed E-state index contributed by atoms with van der Waals surface area (Å²) in [5, 5.41) is 25.8. The molecule has 0 bridgehead atoms. The number of rotatable bonds is 9. The molecule has 1 saturated heterocycles. The molecular weight excluding hydrogens is 486 g/mol. The average molecular weight is 522 g/mol. The number of nitrogens with one attached hydrogen (secondary N) is 1. The Hall–Kier alpha value is -3.60. The van der Waals surface area contributed by atoms with Gasteiger partial charge in [-0.15, -0.1) is 5.10 Å². The first kappa shape index (κ1) is 26.0. The van der Waals surface area contributed by atoms with Gasteiger partial charge in [0.25, 0.3) is 0 Å². The Kier molecular flexibility index (Phi) is 7.29. The molecule has 2 unspecified atom stereocenters. The fraction of sp³-hybridized carbons (Fsp3) is 0.556. The molecular formula is C27H35N7O4. The molecule has 0 radical (unpaired) electrons. The Morgan fingerprint density at radius 2 is 1.97 bits per heavy atom. The van der Waals surface area contributed by atoms with E-state index in [1.807, 2.05) is 57.3 Å². The van der Waals surface area contributed by atoms with Crippen molar-refractivity contribution in [2.24, 2.45) is 5.41 Å². The molecule has 1 saturated carbocycles. The van der Waals surface area contributed by atoms with Crippen molar-refractivity contribution >= 4 is 11.8 Å². The van der Waals surface area contributed by atoms with E-state index >= 15 is 0 Å². The van der Waals surface area contributed by atoms with Gasteiger partial charge in [-0.2, -0.15) is 4.98 Å². The summed E-state index contributed by atoms with van der Waals surface area (Å²) >= 11 is 0. The summed E-state index contributed by atoms with van der Waals surface area (Å²) in [4.78, 5) is 32.8. The molecule has 5 rings (SSSR count). The maximum absolute atomic E-state index is 13.8. The minimum absolute atomic E-state index is 0.0974. The molecule has 2 N–H and O–H groups in total. The first-order chi connectivity index (χ1) is 18.2. The number of aliphatic hydroxyl groups excluding tert-OH is 1. The summed E-state index contributed by atoms with van der Waals surface area (Å²) < 4.78 is 6.95. The molecule has 0 spiro atoms. The molecule has 3 aromatic rings. The largest absolute Gasteiger partial charge is 0.391 e. The average Bonchev–Trinajstić information content (AvgIpc) is 3.24. The third kappa shape index (κ3) is 5.93. The molecule has 11 nitrogen and oxygen atoms in total. The van der Waals surface area contributed by atoms with Crippen LogP contribution in [0.4, 0.5) is 0 Å². The fourth-order valence-corrected chi connectivity index (χ4v) is 4.98. The second kappa shape index (κ2) is 10.6. The van der Waals surface area contributed by atoms with Crippen LogP contribution in [0.25, 0.3) is 0 Å². The first-order valence-electron chi connectivity index (χ1n) is 13.2. The highest BCUT2D eigenvalue weighted by Gasteiger charge is 2.45. The van der Waals surface area contributed by atoms with Gasteiger partial charge in [-0.25, -0.2) is 4.68 Å².